The number of aliphatic hydroxyl groups is 1. The zero-order valence-electron chi connectivity index (χ0n) is 15.7. The fraction of sp³-hybridized carbons (Fsp3) is 0.455. The van der Waals surface area contributed by atoms with Crippen LogP contribution < -0.4 is 4.74 Å². The summed E-state index contributed by atoms with van der Waals surface area (Å²) in [7, 11) is 0. The van der Waals surface area contributed by atoms with Gasteiger partial charge in [-0.25, -0.2) is 0 Å². The van der Waals surface area contributed by atoms with Gasteiger partial charge in [-0.3, -0.25) is 4.90 Å². The fourth-order valence-corrected chi connectivity index (χ4v) is 3.31. The number of hydrogen-bond donors (Lipinski definition) is 1. The molecule has 4 nitrogen and oxygen atoms in total. The Morgan fingerprint density at radius 1 is 0.923 bits per heavy atom. The van der Waals surface area contributed by atoms with E-state index in [2.05, 4.69) is 47.1 Å². The molecule has 1 unspecified atom stereocenters. The second-order valence-electron chi connectivity index (χ2n) is 7.16. The molecule has 2 aromatic rings. The predicted molar refractivity (Wildman–Crippen MR) is 106 cm³/mol. The maximum Gasteiger partial charge on any atom is 0.119 e. The maximum atomic E-state index is 10.3. The fourth-order valence-electron chi connectivity index (χ4n) is 3.31. The topological polar surface area (TPSA) is 35.9 Å². The van der Waals surface area contributed by atoms with E-state index in [4.69, 9.17) is 4.74 Å². The third-order valence-electron chi connectivity index (χ3n) is 4.96. The lowest BCUT2D eigenvalue weighted by molar-refractivity contribution is 0.0463. The number of ether oxygens (including phenoxy) is 1. The summed E-state index contributed by atoms with van der Waals surface area (Å²) in [6, 6.07) is 18.6. The summed E-state index contributed by atoms with van der Waals surface area (Å²) >= 11 is 0. The van der Waals surface area contributed by atoms with Crippen LogP contribution in [0.3, 0.4) is 0 Å². The molecule has 4 heteroatoms. The number of nitrogens with zero attached hydrogens (tertiary/aromatic N) is 2. The van der Waals surface area contributed by atoms with E-state index in [1.54, 1.807) is 0 Å². The Labute approximate surface area is 157 Å². The monoisotopic (exact) mass is 354 g/mol. The van der Waals surface area contributed by atoms with Crippen molar-refractivity contribution in [2.75, 3.05) is 45.9 Å². The number of aliphatic hydroxyl groups excluding tert-OH is 1. The van der Waals surface area contributed by atoms with Crippen LogP contribution in [0.5, 0.6) is 5.75 Å². The largest absolute Gasteiger partial charge is 0.491 e. The van der Waals surface area contributed by atoms with Crippen molar-refractivity contribution in [3.63, 3.8) is 0 Å². The zero-order valence-corrected chi connectivity index (χ0v) is 15.7. The minimum Gasteiger partial charge on any atom is -0.491 e. The van der Waals surface area contributed by atoms with Crippen molar-refractivity contribution >= 4 is 0 Å². The van der Waals surface area contributed by atoms with Crippen molar-refractivity contribution < 1.29 is 9.84 Å². The van der Waals surface area contributed by atoms with Gasteiger partial charge in [0.2, 0.25) is 0 Å². The summed E-state index contributed by atoms with van der Waals surface area (Å²) in [6.07, 6.45) is 0.653. The summed E-state index contributed by atoms with van der Waals surface area (Å²) in [4.78, 5) is 4.85. The van der Waals surface area contributed by atoms with Crippen LogP contribution in [0.4, 0.5) is 0 Å². The van der Waals surface area contributed by atoms with Gasteiger partial charge < -0.3 is 14.7 Å². The van der Waals surface area contributed by atoms with E-state index in [0.717, 1.165) is 44.9 Å². The number of rotatable bonds is 8. The van der Waals surface area contributed by atoms with Crippen LogP contribution in [0.25, 0.3) is 0 Å². The number of β-amino-alcohol motifs (C(OH)–C–C–N with tert-alkyl or cyclic N) is 1. The van der Waals surface area contributed by atoms with Crippen LogP contribution in [0.2, 0.25) is 0 Å². The molecular formula is C22H30N2O2. The average Bonchev–Trinajstić information content (AvgIpc) is 2.68. The highest BCUT2D eigenvalue weighted by Gasteiger charge is 2.19. The van der Waals surface area contributed by atoms with Crippen molar-refractivity contribution in [2.45, 2.75) is 19.4 Å². The van der Waals surface area contributed by atoms with Crippen molar-refractivity contribution in [1.82, 2.24) is 9.80 Å². The van der Waals surface area contributed by atoms with Gasteiger partial charge in [-0.1, -0.05) is 48.0 Å². The van der Waals surface area contributed by atoms with E-state index >= 15 is 0 Å². The molecule has 0 aromatic heterocycles. The van der Waals surface area contributed by atoms with E-state index in [1.165, 1.54) is 11.1 Å². The summed E-state index contributed by atoms with van der Waals surface area (Å²) < 4.78 is 5.69. The Hall–Kier alpha value is -1.88. The maximum absolute atomic E-state index is 10.3. The van der Waals surface area contributed by atoms with Gasteiger partial charge in [-0.15, -0.1) is 0 Å². The van der Waals surface area contributed by atoms with Crippen molar-refractivity contribution in [3.05, 3.63) is 65.7 Å². The number of piperazine rings is 1. The second-order valence-corrected chi connectivity index (χ2v) is 7.16. The van der Waals surface area contributed by atoms with E-state index < -0.39 is 6.10 Å². The highest BCUT2D eigenvalue weighted by Crippen LogP contribution is 2.12. The molecule has 1 N–H and O–H groups in total. The first-order valence-corrected chi connectivity index (χ1v) is 9.55. The lowest BCUT2D eigenvalue weighted by Gasteiger charge is -2.35. The molecule has 140 valence electrons. The minimum absolute atomic E-state index is 0.345. The summed E-state index contributed by atoms with van der Waals surface area (Å²) in [5.41, 5.74) is 2.61. The number of aryl methyl sites for hydroxylation is 1. The molecular weight excluding hydrogens is 324 g/mol. The summed E-state index contributed by atoms with van der Waals surface area (Å²) in [6.45, 7) is 8.34. The molecule has 1 aliphatic rings. The van der Waals surface area contributed by atoms with Crippen LogP contribution >= 0.6 is 0 Å². The molecule has 0 spiro atoms. The third kappa shape index (κ3) is 6.13. The first kappa shape index (κ1) is 18.9. The standard InChI is InChI=1S/C22H30N2O2/c1-19-7-9-22(10-8-19)26-18-21(25)17-24-15-13-23(14-16-24)12-11-20-5-3-2-4-6-20/h2-10,21,25H,11-18H2,1H3. The molecule has 26 heavy (non-hydrogen) atoms. The molecule has 0 radical (unpaired) electrons. The SMILES string of the molecule is Cc1ccc(OCC(O)CN2CCN(CCc3ccccc3)CC2)cc1. The Morgan fingerprint density at radius 3 is 2.27 bits per heavy atom. The van der Waals surface area contributed by atoms with Gasteiger partial charge in [0.1, 0.15) is 18.5 Å². The lowest BCUT2D eigenvalue weighted by Crippen LogP contribution is -2.49. The first-order valence-electron chi connectivity index (χ1n) is 9.55. The second kappa shape index (κ2) is 9.72. The van der Waals surface area contributed by atoms with Crippen molar-refractivity contribution in [2.24, 2.45) is 0 Å². The number of hydrogen-bond acceptors (Lipinski definition) is 4. The molecule has 1 heterocycles. The smallest absolute Gasteiger partial charge is 0.119 e. The van der Waals surface area contributed by atoms with Crippen LogP contribution in [0.1, 0.15) is 11.1 Å². The Bertz CT molecular complexity index is 637. The quantitative estimate of drug-likeness (QED) is 0.790. The van der Waals surface area contributed by atoms with Gasteiger partial charge in [0.15, 0.2) is 0 Å². The van der Waals surface area contributed by atoms with Crippen molar-refractivity contribution in [1.29, 1.82) is 0 Å². The Morgan fingerprint density at radius 2 is 1.58 bits per heavy atom. The van der Waals surface area contributed by atoms with Crippen LogP contribution in [-0.2, 0) is 6.42 Å². The van der Waals surface area contributed by atoms with Gasteiger partial charge >= 0.3 is 0 Å². The van der Waals surface area contributed by atoms with Crippen LogP contribution in [0.15, 0.2) is 54.6 Å². The molecule has 2 aromatic carbocycles. The van der Waals surface area contributed by atoms with E-state index in [1.807, 2.05) is 24.3 Å². The highest BCUT2D eigenvalue weighted by atomic mass is 16.5. The average molecular weight is 354 g/mol. The van der Waals surface area contributed by atoms with E-state index in [9.17, 15) is 5.11 Å². The highest BCUT2D eigenvalue weighted by molar-refractivity contribution is 5.26. The van der Waals surface area contributed by atoms with Gasteiger partial charge in [0.05, 0.1) is 0 Å². The van der Waals surface area contributed by atoms with Gasteiger partial charge in [-0.05, 0) is 31.0 Å². The zero-order chi connectivity index (χ0) is 18.2. The molecule has 1 atom stereocenters. The molecule has 1 fully saturated rings. The predicted octanol–water partition coefficient (Wildman–Crippen LogP) is 2.60. The van der Waals surface area contributed by atoms with Crippen LogP contribution in [0, 0.1) is 6.92 Å². The van der Waals surface area contributed by atoms with Crippen LogP contribution in [-0.4, -0.2) is 66.9 Å². The molecule has 0 saturated carbocycles. The normalized spacial score (nSPS) is 17.2. The summed E-state index contributed by atoms with van der Waals surface area (Å²) in [5, 5.41) is 10.3. The Balaban J connectivity index is 1.32. The molecule has 0 aliphatic carbocycles. The molecule has 1 saturated heterocycles. The van der Waals surface area contributed by atoms with E-state index in [-0.39, 0.29) is 0 Å². The summed E-state index contributed by atoms with van der Waals surface area (Å²) in [5.74, 6) is 0.820. The first-order chi connectivity index (χ1) is 12.7. The van der Waals surface area contributed by atoms with E-state index in [0.29, 0.717) is 13.2 Å². The molecule has 0 bridgehead atoms. The minimum atomic E-state index is -0.452. The lowest BCUT2D eigenvalue weighted by atomic mass is 10.1. The van der Waals surface area contributed by atoms with Crippen molar-refractivity contribution in [3.8, 4) is 5.75 Å². The molecule has 0 amide bonds. The third-order valence-corrected chi connectivity index (χ3v) is 4.96. The molecule has 1 aliphatic heterocycles. The van der Waals surface area contributed by atoms with Gasteiger partial charge in [-0.2, -0.15) is 0 Å². The Kier molecular flexibility index (Phi) is 7.06. The van der Waals surface area contributed by atoms with Gasteiger partial charge in [0.25, 0.3) is 0 Å². The number of benzene rings is 2. The molecule has 3 rings (SSSR count). The van der Waals surface area contributed by atoms with Gasteiger partial charge in [0, 0.05) is 39.3 Å².